The number of aryl methyl sites for hydroxylation is 2. The number of hydrogen-bond acceptors (Lipinski definition) is 1. The minimum atomic E-state index is -1.02. The Bertz CT molecular complexity index is 999. The molecular weight excluding hydrogens is 429 g/mol. The molecule has 1 aromatic heterocycles. The SMILES string of the molecule is Cc1nn(C)c(C(C)(Br)c2ccc(F)cc2F)c1-c1ccc(F)cc1Cl. The second kappa shape index (κ2) is 6.74. The van der Waals surface area contributed by atoms with Crippen LogP contribution in [0.5, 0.6) is 0 Å². The van der Waals surface area contributed by atoms with Gasteiger partial charge in [-0.25, -0.2) is 13.2 Å². The first-order valence-electron chi connectivity index (χ1n) is 7.77. The Morgan fingerprint density at radius 3 is 2.31 bits per heavy atom. The molecule has 136 valence electrons. The highest BCUT2D eigenvalue weighted by molar-refractivity contribution is 9.09. The van der Waals surface area contributed by atoms with Gasteiger partial charge in [-0.3, -0.25) is 4.68 Å². The first-order chi connectivity index (χ1) is 12.1. The zero-order valence-electron chi connectivity index (χ0n) is 14.2. The van der Waals surface area contributed by atoms with Crippen LogP contribution in [0.2, 0.25) is 5.02 Å². The van der Waals surface area contributed by atoms with Gasteiger partial charge in [0.15, 0.2) is 0 Å². The number of hydrogen-bond donors (Lipinski definition) is 0. The van der Waals surface area contributed by atoms with E-state index >= 15 is 0 Å². The van der Waals surface area contributed by atoms with Crippen LogP contribution in [-0.4, -0.2) is 9.78 Å². The first kappa shape index (κ1) is 19.0. The number of nitrogens with zero attached hydrogens (tertiary/aromatic N) is 2. The van der Waals surface area contributed by atoms with E-state index < -0.39 is 21.8 Å². The summed E-state index contributed by atoms with van der Waals surface area (Å²) in [6.07, 6.45) is 0. The van der Waals surface area contributed by atoms with Crippen molar-refractivity contribution in [1.82, 2.24) is 9.78 Å². The summed E-state index contributed by atoms with van der Waals surface area (Å²) in [7, 11) is 1.73. The van der Waals surface area contributed by atoms with Crippen LogP contribution in [0.15, 0.2) is 36.4 Å². The van der Waals surface area contributed by atoms with Crippen molar-refractivity contribution in [3.05, 3.63) is 75.8 Å². The molecule has 1 heterocycles. The van der Waals surface area contributed by atoms with Crippen molar-refractivity contribution in [2.75, 3.05) is 0 Å². The van der Waals surface area contributed by atoms with Crippen LogP contribution in [-0.2, 0) is 11.4 Å². The number of aromatic nitrogens is 2. The van der Waals surface area contributed by atoms with Gasteiger partial charge >= 0.3 is 0 Å². The minimum Gasteiger partial charge on any atom is -0.270 e. The second-order valence-corrected chi connectivity index (χ2v) is 8.18. The van der Waals surface area contributed by atoms with Crippen LogP contribution < -0.4 is 0 Å². The molecule has 0 fully saturated rings. The summed E-state index contributed by atoms with van der Waals surface area (Å²) in [5.41, 5.74) is 2.78. The molecule has 0 aliphatic heterocycles. The molecule has 0 amide bonds. The van der Waals surface area contributed by atoms with Gasteiger partial charge in [0.05, 0.1) is 20.7 Å². The van der Waals surface area contributed by atoms with E-state index in [9.17, 15) is 13.2 Å². The van der Waals surface area contributed by atoms with E-state index in [1.54, 1.807) is 31.6 Å². The molecule has 2 aromatic carbocycles. The maximum Gasteiger partial charge on any atom is 0.131 e. The summed E-state index contributed by atoms with van der Waals surface area (Å²) in [6, 6.07) is 7.51. The molecule has 0 saturated heterocycles. The number of alkyl halides is 1. The largest absolute Gasteiger partial charge is 0.270 e. The van der Waals surface area contributed by atoms with Crippen LogP contribution >= 0.6 is 27.5 Å². The van der Waals surface area contributed by atoms with Gasteiger partial charge in [0.1, 0.15) is 17.5 Å². The molecule has 2 nitrogen and oxygen atoms in total. The lowest BCUT2D eigenvalue weighted by molar-refractivity contribution is 0.556. The third-order valence-corrected chi connectivity index (χ3v) is 5.42. The normalized spacial score (nSPS) is 13.7. The molecule has 0 aliphatic carbocycles. The van der Waals surface area contributed by atoms with E-state index in [1.165, 1.54) is 24.3 Å². The molecule has 0 radical (unpaired) electrons. The highest BCUT2D eigenvalue weighted by Gasteiger charge is 2.36. The maximum absolute atomic E-state index is 14.5. The maximum atomic E-state index is 14.5. The van der Waals surface area contributed by atoms with Crippen LogP contribution in [0.1, 0.15) is 23.9 Å². The molecule has 0 aliphatic rings. The standard InChI is InChI=1S/C19H15BrClF3N2/c1-10-17(13-6-4-11(22)8-15(13)21)18(26(3)25-10)19(2,20)14-7-5-12(23)9-16(14)24/h4-9H,1-3H3. The molecule has 1 unspecified atom stereocenters. The molecule has 3 aromatic rings. The van der Waals surface area contributed by atoms with Gasteiger partial charge in [-0.2, -0.15) is 5.10 Å². The topological polar surface area (TPSA) is 17.8 Å². The van der Waals surface area contributed by atoms with Crippen molar-refractivity contribution in [3.63, 3.8) is 0 Å². The van der Waals surface area contributed by atoms with Crippen LogP contribution in [0.3, 0.4) is 0 Å². The van der Waals surface area contributed by atoms with Crippen LogP contribution in [0, 0.1) is 24.4 Å². The molecule has 7 heteroatoms. The van der Waals surface area contributed by atoms with E-state index in [1.807, 2.05) is 0 Å². The highest BCUT2D eigenvalue weighted by Crippen LogP contribution is 2.46. The van der Waals surface area contributed by atoms with Crippen molar-refractivity contribution in [2.24, 2.45) is 7.05 Å². The van der Waals surface area contributed by atoms with Gasteiger partial charge < -0.3 is 0 Å². The predicted molar refractivity (Wildman–Crippen MR) is 100 cm³/mol. The molecule has 0 N–H and O–H groups in total. The van der Waals surface area contributed by atoms with Gasteiger partial charge in [0, 0.05) is 29.8 Å². The molecule has 1 atom stereocenters. The predicted octanol–water partition coefficient (Wildman–Crippen LogP) is 6.12. The van der Waals surface area contributed by atoms with Gasteiger partial charge in [-0.1, -0.05) is 33.6 Å². The summed E-state index contributed by atoms with van der Waals surface area (Å²) in [4.78, 5) is 0. The molecule has 26 heavy (non-hydrogen) atoms. The summed E-state index contributed by atoms with van der Waals surface area (Å²) >= 11 is 9.83. The van der Waals surface area contributed by atoms with Gasteiger partial charge in [-0.05, 0) is 38.1 Å². The minimum absolute atomic E-state index is 0.227. The zero-order chi connectivity index (χ0) is 19.2. The molecule has 0 spiro atoms. The monoisotopic (exact) mass is 442 g/mol. The Kier molecular flexibility index (Phi) is 4.92. The molecule has 0 saturated carbocycles. The molecular formula is C19H15BrClF3N2. The second-order valence-electron chi connectivity index (χ2n) is 6.18. The zero-order valence-corrected chi connectivity index (χ0v) is 16.6. The highest BCUT2D eigenvalue weighted by atomic mass is 79.9. The van der Waals surface area contributed by atoms with Crippen molar-refractivity contribution >= 4 is 27.5 Å². The van der Waals surface area contributed by atoms with Crippen LogP contribution in [0.4, 0.5) is 13.2 Å². The Morgan fingerprint density at radius 2 is 1.69 bits per heavy atom. The van der Waals surface area contributed by atoms with Crippen molar-refractivity contribution in [3.8, 4) is 11.1 Å². The van der Waals surface area contributed by atoms with Crippen LogP contribution in [0.25, 0.3) is 11.1 Å². The average molecular weight is 444 g/mol. The fourth-order valence-electron chi connectivity index (χ4n) is 3.21. The van der Waals surface area contributed by atoms with Gasteiger partial charge in [0.2, 0.25) is 0 Å². The first-order valence-corrected chi connectivity index (χ1v) is 8.94. The lowest BCUT2D eigenvalue weighted by atomic mass is 9.90. The fourth-order valence-corrected chi connectivity index (χ4v) is 4.25. The van der Waals surface area contributed by atoms with E-state index in [2.05, 4.69) is 21.0 Å². The Morgan fingerprint density at radius 1 is 1.08 bits per heavy atom. The Labute approximate surface area is 162 Å². The smallest absolute Gasteiger partial charge is 0.131 e. The number of halogens is 5. The third-order valence-electron chi connectivity index (χ3n) is 4.30. The van der Waals surface area contributed by atoms with E-state index in [4.69, 9.17) is 11.6 Å². The summed E-state index contributed by atoms with van der Waals surface area (Å²) in [5, 5.41) is 4.65. The van der Waals surface area contributed by atoms with E-state index in [0.717, 1.165) is 6.07 Å². The van der Waals surface area contributed by atoms with Crippen molar-refractivity contribution in [2.45, 2.75) is 18.2 Å². The quantitative estimate of drug-likeness (QED) is 0.446. The van der Waals surface area contributed by atoms with Crippen molar-refractivity contribution in [1.29, 1.82) is 0 Å². The summed E-state index contributed by atoms with van der Waals surface area (Å²) in [6.45, 7) is 3.54. The van der Waals surface area contributed by atoms with E-state index in [0.29, 0.717) is 22.5 Å². The number of rotatable bonds is 3. The average Bonchev–Trinajstić information content (AvgIpc) is 2.82. The Balaban J connectivity index is 2.28. The summed E-state index contributed by atoms with van der Waals surface area (Å²) < 4.78 is 41.8. The summed E-state index contributed by atoms with van der Waals surface area (Å²) in [5.74, 6) is -1.79. The molecule has 0 bridgehead atoms. The van der Waals surface area contributed by atoms with E-state index in [-0.39, 0.29) is 10.6 Å². The third kappa shape index (κ3) is 3.16. The van der Waals surface area contributed by atoms with Gasteiger partial charge in [0.25, 0.3) is 0 Å². The Hall–Kier alpha value is -1.79. The van der Waals surface area contributed by atoms with Crippen molar-refractivity contribution < 1.29 is 13.2 Å². The lowest BCUT2D eigenvalue weighted by Crippen LogP contribution is -2.22. The van der Waals surface area contributed by atoms with Gasteiger partial charge in [-0.15, -0.1) is 0 Å². The lowest BCUT2D eigenvalue weighted by Gasteiger charge is -2.26. The number of benzene rings is 2. The molecule has 3 rings (SSSR count). The fraction of sp³-hybridized carbons (Fsp3) is 0.211.